The number of ether oxygens (including phenoxy) is 1. The van der Waals surface area contributed by atoms with Crippen LogP contribution in [0.15, 0.2) is 48.5 Å². The smallest absolute Gasteiger partial charge is 0.341 e. The molecule has 30 heavy (non-hydrogen) atoms. The molecule has 3 aromatic rings. The molecule has 3 aromatic carbocycles. The summed E-state index contributed by atoms with van der Waals surface area (Å²) in [6, 6.07) is 10.6. The van der Waals surface area contributed by atoms with E-state index < -0.39 is 35.8 Å². The van der Waals surface area contributed by atoms with Crippen LogP contribution in [0.1, 0.15) is 16.7 Å². The Bertz CT molecular complexity index is 1100. The number of carbonyl (C=O) groups is 1. The maximum absolute atomic E-state index is 15.1. The van der Waals surface area contributed by atoms with Crippen LogP contribution >= 0.6 is 0 Å². The van der Waals surface area contributed by atoms with Crippen molar-refractivity contribution in [2.45, 2.75) is 19.8 Å². The zero-order chi connectivity index (χ0) is 21.8. The third kappa shape index (κ3) is 4.79. The average Bonchev–Trinajstić information content (AvgIpc) is 2.69. The largest absolute Gasteiger partial charge is 0.479 e. The van der Waals surface area contributed by atoms with Crippen LogP contribution in [0.3, 0.4) is 0 Å². The van der Waals surface area contributed by atoms with Gasteiger partial charge >= 0.3 is 5.97 Å². The number of carboxylic acids is 1. The van der Waals surface area contributed by atoms with Crippen molar-refractivity contribution in [1.82, 2.24) is 0 Å². The molecule has 0 spiro atoms. The van der Waals surface area contributed by atoms with Gasteiger partial charge in [0.05, 0.1) is 0 Å². The van der Waals surface area contributed by atoms with Gasteiger partial charge in [-0.3, -0.25) is 0 Å². The first-order valence-corrected chi connectivity index (χ1v) is 9.12. The molecular weight excluding hydrogens is 400 g/mol. The van der Waals surface area contributed by atoms with Crippen LogP contribution in [0.2, 0.25) is 0 Å². The molecule has 156 valence electrons. The fraction of sp³-hybridized carbons (Fsp3) is 0.174. The molecule has 3 nitrogen and oxygen atoms in total. The van der Waals surface area contributed by atoms with Gasteiger partial charge in [-0.25, -0.2) is 22.4 Å². The van der Waals surface area contributed by atoms with E-state index in [2.05, 4.69) is 0 Å². The van der Waals surface area contributed by atoms with Gasteiger partial charge in [0.15, 0.2) is 18.2 Å². The Morgan fingerprint density at radius 2 is 1.73 bits per heavy atom. The molecule has 0 saturated carbocycles. The number of rotatable bonds is 7. The highest BCUT2D eigenvalue weighted by molar-refractivity contribution is 5.68. The molecular formula is C23H18F4O3. The predicted octanol–water partition coefficient (Wildman–Crippen LogP) is 5.47. The Balaban J connectivity index is 1.89. The molecule has 0 fully saturated rings. The number of carboxylic acid groups (broad SMARTS) is 1. The Kier molecular flexibility index (Phi) is 6.40. The van der Waals surface area contributed by atoms with Gasteiger partial charge in [-0.05, 0) is 61.2 Å². The number of aliphatic carboxylic acids is 1. The van der Waals surface area contributed by atoms with Crippen LogP contribution < -0.4 is 4.74 Å². The number of halogens is 4. The van der Waals surface area contributed by atoms with Gasteiger partial charge in [0.2, 0.25) is 0 Å². The topological polar surface area (TPSA) is 46.5 Å². The van der Waals surface area contributed by atoms with Crippen molar-refractivity contribution in [2.24, 2.45) is 0 Å². The lowest BCUT2D eigenvalue weighted by Gasteiger charge is -2.13. The van der Waals surface area contributed by atoms with Crippen LogP contribution in [-0.2, 0) is 17.6 Å². The maximum atomic E-state index is 15.1. The molecule has 0 aliphatic rings. The summed E-state index contributed by atoms with van der Waals surface area (Å²) >= 11 is 0. The van der Waals surface area contributed by atoms with Gasteiger partial charge in [-0.2, -0.15) is 0 Å². The molecule has 0 heterocycles. The van der Waals surface area contributed by atoms with Crippen LogP contribution in [0.25, 0.3) is 11.1 Å². The highest BCUT2D eigenvalue weighted by Crippen LogP contribution is 2.29. The summed E-state index contributed by atoms with van der Waals surface area (Å²) in [7, 11) is 0. The van der Waals surface area contributed by atoms with E-state index in [1.54, 1.807) is 25.1 Å². The normalized spacial score (nSPS) is 10.8. The number of hydrogen-bond acceptors (Lipinski definition) is 2. The van der Waals surface area contributed by atoms with Crippen molar-refractivity contribution in [1.29, 1.82) is 0 Å². The summed E-state index contributed by atoms with van der Waals surface area (Å²) in [5.74, 6) is -4.64. The molecule has 7 heteroatoms. The SMILES string of the molecule is Cc1cc(CCc2c(F)ccc(OCC(=O)O)c2F)c(F)c(-c2cccc(F)c2)c1. The summed E-state index contributed by atoms with van der Waals surface area (Å²) in [4.78, 5) is 10.6. The zero-order valence-electron chi connectivity index (χ0n) is 16.0. The number of benzene rings is 3. The molecule has 0 aromatic heterocycles. The quantitative estimate of drug-likeness (QED) is 0.518. The van der Waals surface area contributed by atoms with E-state index in [1.807, 2.05) is 0 Å². The summed E-state index contributed by atoms with van der Waals surface area (Å²) in [6.07, 6.45) is -0.197. The fourth-order valence-corrected chi connectivity index (χ4v) is 3.21. The number of hydrogen-bond donors (Lipinski definition) is 1. The lowest BCUT2D eigenvalue weighted by atomic mass is 9.95. The highest BCUT2D eigenvalue weighted by Gasteiger charge is 2.18. The van der Waals surface area contributed by atoms with E-state index >= 15 is 4.39 Å². The Hall–Kier alpha value is -3.35. The molecule has 0 aliphatic carbocycles. The monoisotopic (exact) mass is 418 g/mol. The van der Waals surface area contributed by atoms with Gasteiger partial charge in [0.25, 0.3) is 0 Å². The summed E-state index contributed by atoms with van der Waals surface area (Å²) in [5.41, 5.74) is 1.17. The molecule has 0 atom stereocenters. The van der Waals surface area contributed by atoms with Crippen molar-refractivity contribution in [3.05, 3.63) is 88.5 Å². The van der Waals surface area contributed by atoms with Crippen molar-refractivity contribution < 1.29 is 32.2 Å². The van der Waals surface area contributed by atoms with Gasteiger partial charge in [0, 0.05) is 11.1 Å². The molecule has 1 N–H and O–H groups in total. The van der Waals surface area contributed by atoms with Gasteiger partial charge in [0.1, 0.15) is 17.5 Å². The van der Waals surface area contributed by atoms with Gasteiger partial charge in [-0.1, -0.05) is 23.8 Å². The van der Waals surface area contributed by atoms with E-state index in [-0.39, 0.29) is 35.3 Å². The minimum atomic E-state index is -1.30. The first-order chi connectivity index (χ1) is 14.3. The first-order valence-electron chi connectivity index (χ1n) is 9.12. The Morgan fingerprint density at radius 3 is 2.43 bits per heavy atom. The fourth-order valence-electron chi connectivity index (χ4n) is 3.21. The van der Waals surface area contributed by atoms with Crippen molar-refractivity contribution in [3.8, 4) is 16.9 Å². The van der Waals surface area contributed by atoms with E-state index in [1.165, 1.54) is 18.2 Å². The molecule has 0 saturated heterocycles. The molecule has 0 bridgehead atoms. The highest BCUT2D eigenvalue weighted by atomic mass is 19.1. The minimum Gasteiger partial charge on any atom is -0.479 e. The van der Waals surface area contributed by atoms with Crippen LogP contribution in [0, 0.1) is 30.2 Å². The molecule has 0 radical (unpaired) electrons. The predicted molar refractivity (Wildman–Crippen MR) is 103 cm³/mol. The molecule has 3 rings (SSSR count). The Labute approximate surface area is 170 Å². The Morgan fingerprint density at radius 1 is 0.967 bits per heavy atom. The van der Waals surface area contributed by atoms with Crippen LogP contribution in [0.5, 0.6) is 5.75 Å². The van der Waals surface area contributed by atoms with E-state index in [4.69, 9.17) is 9.84 Å². The van der Waals surface area contributed by atoms with Gasteiger partial charge < -0.3 is 9.84 Å². The molecule has 0 unspecified atom stereocenters. The van der Waals surface area contributed by atoms with Crippen molar-refractivity contribution >= 4 is 5.97 Å². The average molecular weight is 418 g/mol. The molecule has 0 aliphatic heterocycles. The third-order valence-electron chi connectivity index (χ3n) is 4.57. The van der Waals surface area contributed by atoms with Crippen molar-refractivity contribution in [2.75, 3.05) is 6.61 Å². The van der Waals surface area contributed by atoms with Crippen LogP contribution in [0.4, 0.5) is 17.6 Å². The second-order valence-electron chi connectivity index (χ2n) is 6.82. The van der Waals surface area contributed by atoms with Crippen molar-refractivity contribution in [3.63, 3.8) is 0 Å². The first kappa shape index (κ1) is 21.4. The van der Waals surface area contributed by atoms with E-state index in [0.29, 0.717) is 11.1 Å². The number of aryl methyl sites for hydroxylation is 2. The molecule has 0 amide bonds. The summed E-state index contributed by atoms with van der Waals surface area (Å²) in [6.45, 7) is 0.971. The maximum Gasteiger partial charge on any atom is 0.341 e. The van der Waals surface area contributed by atoms with E-state index in [0.717, 1.165) is 12.1 Å². The lowest BCUT2D eigenvalue weighted by molar-refractivity contribution is -0.139. The standard InChI is InChI=1S/C23H18F4O3/c1-13-9-15(22(26)18(10-13)14-3-2-4-16(24)11-14)5-6-17-19(25)7-8-20(23(17)27)30-12-21(28)29/h2-4,7-11H,5-6,12H2,1H3,(H,28,29). The second kappa shape index (κ2) is 8.98. The van der Waals surface area contributed by atoms with Gasteiger partial charge in [-0.15, -0.1) is 0 Å². The third-order valence-corrected chi connectivity index (χ3v) is 4.57. The van der Waals surface area contributed by atoms with Crippen LogP contribution in [-0.4, -0.2) is 17.7 Å². The lowest BCUT2D eigenvalue weighted by Crippen LogP contribution is -2.11. The second-order valence-corrected chi connectivity index (χ2v) is 6.82. The summed E-state index contributed by atoms with van der Waals surface area (Å²) < 4.78 is 62.1. The van der Waals surface area contributed by atoms with E-state index in [9.17, 15) is 18.0 Å². The minimum absolute atomic E-state index is 0.0218. The summed E-state index contributed by atoms with van der Waals surface area (Å²) in [5, 5.41) is 8.65. The zero-order valence-corrected chi connectivity index (χ0v) is 16.0.